The van der Waals surface area contributed by atoms with Crippen LogP contribution in [-0.2, 0) is 0 Å². The van der Waals surface area contributed by atoms with Gasteiger partial charge in [-0.05, 0) is 44.2 Å². The fourth-order valence-electron chi connectivity index (χ4n) is 2.31. The number of ether oxygens (including phenoxy) is 2. The fraction of sp³-hybridized carbons (Fsp3) is 0.150. The number of hydrogen-bond acceptors (Lipinski definition) is 3. The molecular formula is C20H18O3. The summed E-state index contributed by atoms with van der Waals surface area (Å²) in [5, 5.41) is 0. The average Bonchev–Trinajstić information content (AvgIpc) is 2.85. The number of para-hydroxylation sites is 2. The minimum atomic E-state index is -0.0975. The number of benzene rings is 2. The molecule has 0 fully saturated rings. The van der Waals surface area contributed by atoms with Crippen molar-refractivity contribution in [3.8, 4) is 11.5 Å². The lowest BCUT2D eigenvalue weighted by Gasteiger charge is -2.08. The van der Waals surface area contributed by atoms with Crippen LogP contribution in [0.15, 0.2) is 65.9 Å². The maximum absolute atomic E-state index is 12.4. The third-order valence-corrected chi connectivity index (χ3v) is 3.51. The SMILES string of the molecule is CC(C)=CCOc1ccccc1/C=C1\Oc2ccccc2C1=O. The van der Waals surface area contributed by atoms with Crippen LogP contribution in [0.3, 0.4) is 0 Å². The molecule has 2 aromatic rings. The van der Waals surface area contributed by atoms with Crippen LogP contribution < -0.4 is 9.47 Å². The Morgan fingerprint density at radius 2 is 1.83 bits per heavy atom. The number of hydrogen-bond donors (Lipinski definition) is 0. The van der Waals surface area contributed by atoms with Crippen molar-refractivity contribution < 1.29 is 14.3 Å². The van der Waals surface area contributed by atoms with Crippen LogP contribution in [0.25, 0.3) is 6.08 Å². The summed E-state index contributed by atoms with van der Waals surface area (Å²) in [6.07, 6.45) is 3.75. The summed E-state index contributed by atoms with van der Waals surface area (Å²) in [6, 6.07) is 14.9. The first kappa shape index (κ1) is 15.1. The Balaban J connectivity index is 1.86. The van der Waals surface area contributed by atoms with Gasteiger partial charge >= 0.3 is 0 Å². The zero-order valence-corrected chi connectivity index (χ0v) is 13.2. The number of Topliss-reactive ketones (excluding diaryl/α,β-unsaturated/α-hetero) is 1. The molecular weight excluding hydrogens is 288 g/mol. The van der Waals surface area contributed by atoms with Crippen molar-refractivity contribution in [3.63, 3.8) is 0 Å². The summed E-state index contributed by atoms with van der Waals surface area (Å²) < 4.78 is 11.4. The molecule has 0 N–H and O–H groups in total. The van der Waals surface area contributed by atoms with Gasteiger partial charge in [-0.1, -0.05) is 35.9 Å². The summed E-state index contributed by atoms with van der Waals surface area (Å²) in [7, 11) is 0. The van der Waals surface area contributed by atoms with E-state index in [2.05, 4.69) is 0 Å². The van der Waals surface area contributed by atoms with Crippen molar-refractivity contribution in [2.24, 2.45) is 0 Å². The Kier molecular flexibility index (Phi) is 4.29. The van der Waals surface area contributed by atoms with E-state index in [1.807, 2.05) is 56.3 Å². The Morgan fingerprint density at radius 1 is 1.09 bits per heavy atom. The number of carbonyl (C=O) groups excluding carboxylic acids is 1. The smallest absolute Gasteiger partial charge is 0.231 e. The first-order valence-corrected chi connectivity index (χ1v) is 7.53. The molecule has 0 saturated heterocycles. The zero-order valence-electron chi connectivity index (χ0n) is 13.2. The number of ketones is 1. The molecule has 0 spiro atoms. The molecule has 0 atom stereocenters. The van der Waals surface area contributed by atoms with Crippen molar-refractivity contribution in [2.45, 2.75) is 13.8 Å². The standard InChI is InChI=1S/C20H18O3/c1-14(2)11-12-22-17-9-5-3-7-15(17)13-19-20(21)16-8-4-6-10-18(16)23-19/h3-11,13H,12H2,1-2H3/b19-13-. The van der Waals surface area contributed by atoms with Gasteiger partial charge < -0.3 is 9.47 Å². The number of carbonyl (C=O) groups is 1. The lowest BCUT2D eigenvalue weighted by Crippen LogP contribution is -2.00. The van der Waals surface area contributed by atoms with Crippen LogP contribution in [0, 0.1) is 0 Å². The Morgan fingerprint density at radius 3 is 2.61 bits per heavy atom. The second-order valence-electron chi connectivity index (χ2n) is 5.57. The van der Waals surface area contributed by atoms with Crippen molar-refractivity contribution in [1.82, 2.24) is 0 Å². The molecule has 0 radical (unpaired) electrons. The number of rotatable bonds is 4. The number of fused-ring (bicyclic) bond motifs is 1. The Hall–Kier alpha value is -2.81. The van der Waals surface area contributed by atoms with Gasteiger partial charge in [0.05, 0.1) is 5.56 Å². The van der Waals surface area contributed by atoms with Crippen LogP contribution >= 0.6 is 0 Å². The van der Waals surface area contributed by atoms with Crippen LogP contribution in [0.5, 0.6) is 11.5 Å². The quantitative estimate of drug-likeness (QED) is 0.609. The molecule has 1 heterocycles. The van der Waals surface area contributed by atoms with E-state index in [4.69, 9.17) is 9.47 Å². The Labute approximate surface area is 135 Å². The van der Waals surface area contributed by atoms with Crippen LogP contribution in [0.1, 0.15) is 29.8 Å². The molecule has 0 saturated carbocycles. The molecule has 0 unspecified atom stereocenters. The highest BCUT2D eigenvalue weighted by atomic mass is 16.5. The summed E-state index contributed by atoms with van der Waals surface area (Å²) in [5.74, 6) is 1.56. The maximum Gasteiger partial charge on any atom is 0.231 e. The minimum absolute atomic E-state index is 0.0975. The largest absolute Gasteiger partial charge is 0.489 e. The molecule has 0 aromatic heterocycles. The van der Waals surface area contributed by atoms with Crippen molar-refractivity contribution >= 4 is 11.9 Å². The molecule has 1 aliphatic heterocycles. The molecule has 3 heteroatoms. The number of allylic oxidation sites excluding steroid dienone is 2. The van der Waals surface area contributed by atoms with Crippen molar-refractivity contribution in [3.05, 3.63) is 77.1 Å². The molecule has 116 valence electrons. The highest BCUT2D eigenvalue weighted by Crippen LogP contribution is 2.32. The fourth-order valence-corrected chi connectivity index (χ4v) is 2.31. The van der Waals surface area contributed by atoms with Gasteiger partial charge in [-0.15, -0.1) is 0 Å². The van der Waals surface area contributed by atoms with E-state index in [1.54, 1.807) is 18.2 Å². The van der Waals surface area contributed by atoms with Crippen LogP contribution in [0.2, 0.25) is 0 Å². The highest BCUT2D eigenvalue weighted by Gasteiger charge is 2.26. The molecule has 3 rings (SSSR count). The van der Waals surface area contributed by atoms with E-state index < -0.39 is 0 Å². The van der Waals surface area contributed by atoms with Gasteiger partial charge in [0, 0.05) is 5.56 Å². The highest BCUT2D eigenvalue weighted by molar-refractivity contribution is 6.14. The summed E-state index contributed by atoms with van der Waals surface area (Å²) in [5.41, 5.74) is 2.62. The zero-order chi connectivity index (χ0) is 16.2. The summed E-state index contributed by atoms with van der Waals surface area (Å²) in [4.78, 5) is 12.4. The van der Waals surface area contributed by atoms with Gasteiger partial charge in [-0.25, -0.2) is 0 Å². The van der Waals surface area contributed by atoms with E-state index >= 15 is 0 Å². The van der Waals surface area contributed by atoms with Crippen LogP contribution in [0.4, 0.5) is 0 Å². The average molecular weight is 306 g/mol. The molecule has 0 aliphatic carbocycles. The predicted octanol–water partition coefficient (Wildman–Crippen LogP) is 4.65. The van der Waals surface area contributed by atoms with Gasteiger partial charge in [-0.3, -0.25) is 4.79 Å². The van der Waals surface area contributed by atoms with Gasteiger partial charge in [-0.2, -0.15) is 0 Å². The molecule has 1 aliphatic rings. The third kappa shape index (κ3) is 3.34. The van der Waals surface area contributed by atoms with Crippen molar-refractivity contribution in [1.29, 1.82) is 0 Å². The van der Waals surface area contributed by atoms with E-state index in [-0.39, 0.29) is 5.78 Å². The molecule has 23 heavy (non-hydrogen) atoms. The second-order valence-corrected chi connectivity index (χ2v) is 5.57. The monoisotopic (exact) mass is 306 g/mol. The van der Waals surface area contributed by atoms with Crippen molar-refractivity contribution in [2.75, 3.05) is 6.61 Å². The molecule has 3 nitrogen and oxygen atoms in total. The lowest BCUT2D eigenvalue weighted by atomic mass is 10.1. The topological polar surface area (TPSA) is 35.5 Å². The van der Waals surface area contributed by atoms with Gasteiger partial charge in [0.1, 0.15) is 18.1 Å². The Bertz CT molecular complexity index is 796. The first-order valence-electron chi connectivity index (χ1n) is 7.53. The van der Waals surface area contributed by atoms with Gasteiger partial charge in [0.2, 0.25) is 5.78 Å². The van der Waals surface area contributed by atoms with E-state index in [0.717, 1.165) is 11.3 Å². The third-order valence-electron chi connectivity index (χ3n) is 3.51. The molecule has 2 aromatic carbocycles. The van der Waals surface area contributed by atoms with E-state index in [9.17, 15) is 4.79 Å². The normalized spacial score (nSPS) is 14.3. The minimum Gasteiger partial charge on any atom is -0.489 e. The predicted molar refractivity (Wildman–Crippen MR) is 90.7 cm³/mol. The van der Waals surface area contributed by atoms with Crippen LogP contribution in [-0.4, -0.2) is 12.4 Å². The maximum atomic E-state index is 12.4. The van der Waals surface area contributed by atoms with E-state index in [1.165, 1.54) is 5.57 Å². The van der Waals surface area contributed by atoms with Gasteiger partial charge in [0.25, 0.3) is 0 Å². The first-order chi connectivity index (χ1) is 11.1. The second kappa shape index (κ2) is 6.53. The molecule has 0 bridgehead atoms. The van der Waals surface area contributed by atoms with E-state index in [0.29, 0.717) is 23.7 Å². The summed E-state index contributed by atoms with van der Waals surface area (Å²) in [6.45, 7) is 4.55. The van der Waals surface area contributed by atoms with Gasteiger partial charge in [0.15, 0.2) is 5.76 Å². The lowest BCUT2D eigenvalue weighted by molar-refractivity contribution is 0.101. The molecule has 0 amide bonds. The summed E-state index contributed by atoms with van der Waals surface area (Å²) >= 11 is 0.